The monoisotopic (exact) mass is 185 g/mol. The highest BCUT2D eigenvalue weighted by atomic mass is 16.5. The zero-order valence-corrected chi connectivity index (χ0v) is 8.29. The van der Waals surface area contributed by atoms with Gasteiger partial charge in [-0.05, 0) is 19.3 Å². The van der Waals surface area contributed by atoms with Crippen molar-refractivity contribution < 1.29 is 9.53 Å². The van der Waals surface area contributed by atoms with Crippen LogP contribution in [0.4, 0.5) is 0 Å². The van der Waals surface area contributed by atoms with Gasteiger partial charge in [-0.25, -0.2) is 0 Å². The molecular weight excluding hydrogens is 166 g/mol. The summed E-state index contributed by atoms with van der Waals surface area (Å²) in [6.07, 6.45) is 6.29. The average molecular weight is 185 g/mol. The maximum atomic E-state index is 11.0. The molecule has 0 bridgehead atoms. The number of carbonyl (C=O) groups is 1. The fraction of sp³-hybridized carbons (Fsp3) is 0.900. The molecule has 0 radical (unpaired) electrons. The summed E-state index contributed by atoms with van der Waals surface area (Å²) in [5.74, 6) is 0.499. The van der Waals surface area contributed by atoms with Gasteiger partial charge in [0.05, 0.1) is 6.61 Å². The molecule has 1 rings (SSSR count). The second kappa shape index (κ2) is 5.22. The Hall–Kier alpha value is -0.570. The number of ether oxygens (including phenoxy) is 1. The van der Waals surface area contributed by atoms with E-state index in [9.17, 15) is 4.79 Å². The standard InChI is InChI=1S/C10H19NO2/c1-8(11)10(12)13-7-6-9-4-2-3-5-9/h8-9H,2-7,11H2,1H3. The van der Waals surface area contributed by atoms with Crippen molar-refractivity contribution in [2.45, 2.75) is 45.1 Å². The predicted octanol–water partition coefficient (Wildman–Crippen LogP) is 1.46. The molecule has 13 heavy (non-hydrogen) atoms. The predicted molar refractivity (Wildman–Crippen MR) is 51.2 cm³/mol. The maximum absolute atomic E-state index is 11.0. The van der Waals surface area contributed by atoms with Crippen molar-refractivity contribution in [3.05, 3.63) is 0 Å². The summed E-state index contributed by atoms with van der Waals surface area (Å²) in [4.78, 5) is 11.0. The van der Waals surface area contributed by atoms with Gasteiger partial charge in [0.15, 0.2) is 0 Å². The molecule has 0 spiro atoms. The van der Waals surface area contributed by atoms with Crippen molar-refractivity contribution in [1.82, 2.24) is 0 Å². The minimum atomic E-state index is -0.483. The number of hydrogen-bond donors (Lipinski definition) is 1. The first-order valence-corrected chi connectivity index (χ1v) is 5.12. The third kappa shape index (κ3) is 3.77. The third-order valence-corrected chi connectivity index (χ3v) is 2.62. The molecule has 76 valence electrons. The van der Waals surface area contributed by atoms with Gasteiger partial charge in [-0.1, -0.05) is 25.7 Å². The van der Waals surface area contributed by atoms with Crippen LogP contribution in [-0.4, -0.2) is 18.6 Å². The number of esters is 1. The number of rotatable bonds is 4. The molecule has 1 aliphatic carbocycles. The molecule has 3 heteroatoms. The van der Waals surface area contributed by atoms with Gasteiger partial charge in [0.2, 0.25) is 0 Å². The summed E-state index contributed by atoms with van der Waals surface area (Å²) in [6, 6.07) is -0.483. The Balaban J connectivity index is 2.03. The van der Waals surface area contributed by atoms with E-state index in [2.05, 4.69) is 0 Å². The van der Waals surface area contributed by atoms with E-state index in [0.717, 1.165) is 12.3 Å². The van der Waals surface area contributed by atoms with Crippen LogP contribution in [0.15, 0.2) is 0 Å². The molecule has 0 aromatic heterocycles. The molecule has 2 N–H and O–H groups in total. The van der Waals surface area contributed by atoms with Crippen LogP contribution >= 0.6 is 0 Å². The SMILES string of the molecule is CC(N)C(=O)OCCC1CCCC1. The zero-order valence-electron chi connectivity index (χ0n) is 8.29. The topological polar surface area (TPSA) is 52.3 Å². The smallest absolute Gasteiger partial charge is 0.322 e. The molecule has 1 fully saturated rings. The molecule has 1 aliphatic rings. The van der Waals surface area contributed by atoms with E-state index in [1.807, 2.05) is 0 Å². The Morgan fingerprint density at radius 2 is 2.15 bits per heavy atom. The Labute approximate surface area is 79.6 Å². The fourth-order valence-electron chi connectivity index (χ4n) is 1.76. The summed E-state index contributed by atoms with van der Waals surface area (Å²) >= 11 is 0. The lowest BCUT2D eigenvalue weighted by molar-refractivity contribution is -0.145. The van der Waals surface area contributed by atoms with Crippen molar-refractivity contribution in [2.24, 2.45) is 11.7 Å². The minimum absolute atomic E-state index is 0.280. The summed E-state index contributed by atoms with van der Waals surface area (Å²) in [5, 5.41) is 0. The molecule has 1 saturated carbocycles. The normalized spacial score (nSPS) is 20.2. The van der Waals surface area contributed by atoms with Crippen LogP contribution in [0.2, 0.25) is 0 Å². The van der Waals surface area contributed by atoms with Crippen LogP contribution in [0.5, 0.6) is 0 Å². The summed E-state index contributed by atoms with van der Waals surface area (Å²) in [7, 11) is 0. The van der Waals surface area contributed by atoms with E-state index < -0.39 is 6.04 Å². The number of hydrogen-bond acceptors (Lipinski definition) is 3. The maximum Gasteiger partial charge on any atom is 0.322 e. The summed E-state index contributed by atoms with van der Waals surface area (Å²) < 4.78 is 5.00. The van der Waals surface area contributed by atoms with Gasteiger partial charge in [-0.15, -0.1) is 0 Å². The van der Waals surface area contributed by atoms with Crippen LogP contribution in [0.1, 0.15) is 39.0 Å². The van der Waals surface area contributed by atoms with Gasteiger partial charge in [0.1, 0.15) is 6.04 Å². The molecule has 0 aliphatic heterocycles. The van der Waals surface area contributed by atoms with E-state index in [1.54, 1.807) is 6.92 Å². The molecule has 0 heterocycles. The summed E-state index contributed by atoms with van der Waals surface area (Å²) in [5.41, 5.74) is 5.36. The van der Waals surface area contributed by atoms with Crippen LogP contribution in [0, 0.1) is 5.92 Å². The Morgan fingerprint density at radius 3 is 2.69 bits per heavy atom. The van der Waals surface area contributed by atoms with Gasteiger partial charge < -0.3 is 10.5 Å². The van der Waals surface area contributed by atoms with Crippen LogP contribution in [0.3, 0.4) is 0 Å². The van der Waals surface area contributed by atoms with E-state index >= 15 is 0 Å². The Kier molecular flexibility index (Phi) is 4.22. The first kappa shape index (κ1) is 10.5. The fourth-order valence-corrected chi connectivity index (χ4v) is 1.76. The van der Waals surface area contributed by atoms with E-state index in [0.29, 0.717) is 6.61 Å². The molecule has 1 atom stereocenters. The second-order valence-corrected chi connectivity index (χ2v) is 3.90. The Morgan fingerprint density at radius 1 is 1.54 bits per heavy atom. The molecule has 0 saturated heterocycles. The van der Waals surface area contributed by atoms with E-state index in [4.69, 9.17) is 10.5 Å². The van der Waals surface area contributed by atoms with Gasteiger partial charge in [-0.2, -0.15) is 0 Å². The quantitative estimate of drug-likeness (QED) is 0.674. The lowest BCUT2D eigenvalue weighted by Crippen LogP contribution is -2.29. The van der Waals surface area contributed by atoms with Gasteiger partial charge in [0, 0.05) is 0 Å². The van der Waals surface area contributed by atoms with Crippen LogP contribution in [-0.2, 0) is 9.53 Å². The molecule has 0 aromatic rings. The average Bonchev–Trinajstić information content (AvgIpc) is 2.56. The molecule has 1 unspecified atom stereocenters. The Bertz CT molecular complexity index is 162. The number of nitrogens with two attached hydrogens (primary N) is 1. The van der Waals surface area contributed by atoms with E-state index in [1.165, 1.54) is 25.7 Å². The van der Waals surface area contributed by atoms with E-state index in [-0.39, 0.29) is 5.97 Å². The minimum Gasteiger partial charge on any atom is -0.465 e. The first-order valence-electron chi connectivity index (χ1n) is 5.12. The molecule has 0 amide bonds. The lowest BCUT2D eigenvalue weighted by Gasteiger charge is -2.10. The summed E-state index contributed by atoms with van der Waals surface area (Å²) in [6.45, 7) is 2.20. The number of carbonyl (C=O) groups excluding carboxylic acids is 1. The molecule has 3 nitrogen and oxygen atoms in total. The third-order valence-electron chi connectivity index (χ3n) is 2.62. The first-order chi connectivity index (χ1) is 6.20. The van der Waals surface area contributed by atoms with Gasteiger partial charge >= 0.3 is 5.97 Å². The van der Waals surface area contributed by atoms with Crippen molar-refractivity contribution >= 4 is 5.97 Å². The second-order valence-electron chi connectivity index (χ2n) is 3.90. The van der Waals surface area contributed by atoms with Gasteiger partial charge in [-0.3, -0.25) is 4.79 Å². The van der Waals surface area contributed by atoms with Crippen molar-refractivity contribution in [3.63, 3.8) is 0 Å². The van der Waals surface area contributed by atoms with Crippen LogP contribution < -0.4 is 5.73 Å². The van der Waals surface area contributed by atoms with Crippen molar-refractivity contribution in [3.8, 4) is 0 Å². The zero-order chi connectivity index (χ0) is 9.68. The molecule has 0 aromatic carbocycles. The highest BCUT2D eigenvalue weighted by molar-refractivity contribution is 5.74. The van der Waals surface area contributed by atoms with Crippen molar-refractivity contribution in [2.75, 3.05) is 6.61 Å². The highest BCUT2D eigenvalue weighted by Crippen LogP contribution is 2.27. The molecular formula is C10H19NO2. The largest absolute Gasteiger partial charge is 0.465 e. The van der Waals surface area contributed by atoms with Gasteiger partial charge in [0.25, 0.3) is 0 Å². The van der Waals surface area contributed by atoms with Crippen molar-refractivity contribution in [1.29, 1.82) is 0 Å². The van der Waals surface area contributed by atoms with Crippen LogP contribution in [0.25, 0.3) is 0 Å². The highest BCUT2D eigenvalue weighted by Gasteiger charge is 2.15. The lowest BCUT2D eigenvalue weighted by atomic mass is 10.1.